The van der Waals surface area contributed by atoms with Gasteiger partial charge < -0.3 is 9.64 Å². The van der Waals surface area contributed by atoms with E-state index >= 15 is 0 Å². The second-order valence-corrected chi connectivity index (χ2v) is 5.67. The highest BCUT2D eigenvalue weighted by atomic mass is 32.2. The Balaban J connectivity index is 1.94. The zero-order valence-electron chi connectivity index (χ0n) is 9.28. The van der Waals surface area contributed by atoms with Gasteiger partial charge in [0.05, 0.1) is 18.2 Å². The Morgan fingerprint density at radius 1 is 1.60 bits per heavy atom. The average Bonchev–Trinajstić information content (AvgIpc) is 2.67. The number of nitrogens with one attached hydrogen (secondary N) is 1. The molecular formula is C10H18N2O2S. The molecule has 2 rings (SSSR count). The van der Waals surface area contributed by atoms with Gasteiger partial charge in [-0.3, -0.25) is 10.1 Å². The maximum absolute atomic E-state index is 12.1. The van der Waals surface area contributed by atoms with Crippen molar-refractivity contribution in [1.29, 1.82) is 0 Å². The van der Waals surface area contributed by atoms with Crippen LogP contribution in [0.2, 0.25) is 0 Å². The van der Waals surface area contributed by atoms with Crippen LogP contribution in [0.1, 0.15) is 13.8 Å². The Labute approximate surface area is 94.7 Å². The molecule has 0 aromatic heterocycles. The number of hydrogen-bond acceptors (Lipinski definition) is 4. The second kappa shape index (κ2) is 4.31. The predicted molar refractivity (Wildman–Crippen MR) is 60.9 cm³/mol. The van der Waals surface area contributed by atoms with E-state index in [0.717, 1.165) is 18.2 Å². The van der Waals surface area contributed by atoms with Crippen LogP contribution in [-0.4, -0.2) is 53.8 Å². The molecule has 15 heavy (non-hydrogen) atoms. The molecule has 2 aliphatic rings. The third kappa shape index (κ3) is 2.65. The summed E-state index contributed by atoms with van der Waals surface area (Å²) in [5.74, 6) is 2.03. The fraction of sp³-hybridized carbons (Fsp3) is 0.900. The molecule has 4 nitrogen and oxygen atoms in total. The van der Waals surface area contributed by atoms with E-state index in [-0.39, 0.29) is 17.6 Å². The first-order valence-electron chi connectivity index (χ1n) is 5.32. The van der Waals surface area contributed by atoms with Gasteiger partial charge >= 0.3 is 0 Å². The summed E-state index contributed by atoms with van der Waals surface area (Å²) < 4.78 is 5.59. The van der Waals surface area contributed by atoms with Gasteiger partial charge in [-0.15, -0.1) is 11.8 Å². The quantitative estimate of drug-likeness (QED) is 0.703. The first kappa shape index (κ1) is 11.2. The van der Waals surface area contributed by atoms with E-state index in [1.165, 1.54) is 0 Å². The van der Waals surface area contributed by atoms with Gasteiger partial charge in [0.25, 0.3) is 0 Å². The van der Waals surface area contributed by atoms with Crippen molar-refractivity contribution in [2.45, 2.75) is 25.5 Å². The summed E-state index contributed by atoms with van der Waals surface area (Å²) in [6.07, 6.45) is 0. The molecule has 1 atom stereocenters. The molecule has 1 amide bonds. The molecular weight excluding hydrogens is 212 g/mol. The molecule has 2 aliphatic heterocycles. The Bertz CT molecular complexity index is 252. The lowest BCUT2D eigenvalue weighted by Crippen LogP contribution is -2.55. The minimum Gasteiger partial charge on any atom is -0.372 e. The molecule has 2 fully saturated rings. The lowest BCUT2D eigenvalue weighted by molar-refractivity contribution is -0.147. The van der Waals surface area contributed by atoms with Crippen LogP contribution < -0.4 is 5.32 Å². The van der Waals surface area contributed by atoms with E-state index in [2.05, 4.69) is 5.32 Å². The smallest absolute Gasteiger partial charge is 0.240 e. The number of amides is 1. The molecule has 86 valence electrons. The highest BCUT2D eigenvalue weighted by Gasteiger charge is 2.34. The van der Waals surface area contributed by atoms with Crippen LogP contribution in [0.25, 0.3) is 0 Å². The summed E-state index contributed by atoms with van der Waals surface area (Å²) in [5.41, 5.74) is -0.195. The van der Waals surface area contributed by atoms with Crippen LogP contribution in [0.4, 0.5) is 0 Å². The van der Waals surface area contributed by atoms with Gasteiger partial charge in [0, 0.05) is 24.7 Å². The predicted octanol–water partition coefficient (Wildman–Crippen LogP) is 0.286. The third-order valence-corrected chi connectivity index (χ3v) is 3.69. The van der Waals surface area contributed by atoms with Gasteiger partial charge in [0.1, 0.15) is 0 Å². The van der Waals surface area contributed by atoms with Crippen LogP contribution in [-0.2, 0) is 9.53 Å². The molecule has 2 heterocycles. The number of carbonyl (C=O) groups is 1. The standard InChI is InChI=1S/C10H18N2O2S/c1-10(2)6-12(3-4-14-10)9(13)8-5-15-7-11-8/h8,11H,3-7H2,1-2H3. The van der Waals surface area contributed by atoms with Crippen molar-refractivity contribution < 1.29 is 9.53 Å². The van der Waals surface area contributed by atoms with E-state index in [9.17, 15) is 4.79 Å². The molecule has 2 saturated heterocycles. The minimum atomic E-state index is -0.195. The number of nitrogens with zero attached hydrogens (tertiary/aromatic N) is 1. The molecule has 0 radical (unpaired) electrons. The fourth-order valence-electron chi connectivity index (χ4n) is 1.98. The van der Waals surface area contributed by atoms with Crippen molar-refractivity contribution in [3.05, 3.63) is 0 Å². The molecule has 0 aliphatic carbocycles. The van der Waals surface area contributed by atoms with Gasteiger partial charge in [-0.05, 0) is 13.8 Å². The molecule has 0 aromatic rings. The van der Waals surface area contributed by atoms with Crippen molar-refractivity contribution in [1.82, 2.24) is 10.2 Å². The summed E-state index contributed by atoms with van der Waals surface area (Å²) in [4.78, 5) is 14.0. The first-order chi connectivity index (χ1) is 7.08. The van der Waals surface area contributed by atoms with E-state index < -0.39 is 0 Å². The number of morpholine rings is 1. The maximum atomic E-state index is 12.1. The summed E-state index contributed by atoms with van der Waals surface area (Å²) in [6, 6.07) is 0.0175. The topological polar surface area (TPSA) is 41.6 Å². The Kier molecular flexibility index (Phi) is 3.23. The summed E-state index contributed by atoms with van der Waals surface area (Å²) >= 11 is 1.78. The monoisotopic (exact) mass is 230 g/mol. The molecule has 5 heteroatoms. The van der Waals surface area contributed by atoms with Crippen molar-refractivity contribution in [2.75, 3.05) is 31.3 Å². The Hall–Kier alpha value is -0.260. The molecule has 0 aromatic carbocycles. The number of thioether (sulfide) groups is 1. The Morgan fingerprint density at radius 3 is 3.00 bits per heavy atom. The lowest BCUT2D eigenvalue weighted by atomic mass is 10.1. The molecule has 0 spiro atoms. The van der Waals surface area contributed by atoms with Crippen LogP contribution in [0.15, 0.2) is 0 Å². The number of carbonyl (C=O) groups excluding carboxylic acids is 1. The van der Waals surface area contributed by atoms with Gasteiger partial charge in [0.2, 0.25) is 5.91 Å². The van der Waals surface area contributed by atoms with E-state index in [0.29, 0.717) is 13.2 Å². The maximum Gasteiger partial charge on any atom is 0.240 e. The van der Waals surface area contributed by atoms with E-state index in [1.54, 1.807) is 11.8 Å². The van der Waals surface area contributed by atoms with Gasteiger partial charge in [0.15, 0.2) is 0 Å². The van der Waals surface area contributed by atoms with Crippen molar-refractivity contribution >= 4 is 17.7 Å². The second-order valence-electron chi connectivity index (χ2n) is 4.64. The summed E-state index contributed by atoms with van der Waals surface area (Å²) in [6.45, 7) is 6.14. The lowest BCUT2D eigenvalue weighted by Gasteiger charge is -2.39. The van der Waals surface area contributed by atoms with Crippen LogP contribution in [0.3, 0.4) is 0 Å². The number of rotatable bonds is 1. The molecule has 1 unspecified atom stereocenters. The minimum absolute atomic E-state index is 0.0175. The van der Waals surface area contributed by atoms with Gasteiger partial charge in [-0.1, -0.05) is 0 Å². The fourth-order valence-corrected chi connectivity index (χ4v) is 2.91. The van der Waals surface area contributed by atoms with E-state index in [4.69, 9.17) is 4.74 Å². The van der Waals surface area contributed by atoms with Crippen molar-refractivity contribution in [3.8, 4) is 0 Å². The van der Waals surface area contributed by atoms with Crippen LogP contribution in [0.5, 0.6) is 0 Å². The van der Waals surface area contributed by atoms with Crippen molar-refractivity contribution in [2.24, 2.45) is 0 Å². The third-order valence-electron chi connectivity index (χ3n) is 2.75. The highest BCUT2D eigenvalue weighted by molar-refractivity contribution is 7.99. The van der Waals surface area contributed by atoms with Crippen LogP contribution >= 0.6 is 11.8 Å². The largest absolute Gasteiger partial charge is 0.372 e. The molecule has 0 bridgehead atoms. The SMILES string of the molecule is CC1(C)CN(C(=O)C2CSCN2)CCO1. The van der Waals surface area contributed by atoms with Crippen LogP contribution in [0, 0.1) is 0 Å². The molecule has 1 N–H and O–H groups in total. The summed E-state index contributed by atoms with van der Waals surface area (Å²) in [5, 5.41) is 3.21. The first-order valence-corrected chi connectivity index (χ1v) is 6.48. The zero-order chi connectivity index (χ0) is 10.9. The van der Waals surface area contributed by atoms with Gasteiger partial charge in [-0.2, -0.15) is 0 Å². The normalized spacial score (nSPS) is 30.5. The zero-order valence-corrected chi connectivity index (χ0v) is 10.1. The van der Waals surface area contributed by atoms with Gasteiger partial charge in [-0.25, -0.2) is 0 Å². The Morgan fingerprint density at radius 2 is 2.40 bits per heavy atom. The number of hydrogen-bond donors (Lipinski definition) is 1. The highest BCUT2D eigenvalue weighted by Crippen LogP contribution is 2.19. The summed E-state index contributed by atoms with van der Waals surface area (Å²) in [7, 11) is 0. The molecule has 0 saturated carbocycles. The number of ether oxygens (including phenoxy) is 1. The van der Waals surface area contributed by atoms with Crippen molar-refractivity contribution in [3.63, 3.8) is 0 Å². The average molecular weight is 230 g/mol. The van der Waals surface area contributed by atoms with E-state index in [1.807, 2.05) is 18.7 Å².